The van der Waals surface area contributed by atoms with Crippen LogP contribution in [0.5, 0.6) is 0 Å². The lowest BCUT2D eigenvalue weighted by Crippen LogP contribution is -2.23. The first-order valence-corrected chi connectivity index (χ1v) is 7.66. The summed E-state index contributed by atoms with van der Waals surface area (Å²) in [7, 11) is 0. The maximum absolute atomic E-state index is 2.43. The molecule has 3 unspecified atom stereocenters. The third-order valence-corrected chi connectivity index (χ3v) is 4.93. The lowest BCUT2D eigenvalue weighted by Gasteiger charge is -2.32. The monoisotopic (exact) mass is 240 g/mol. The Hall–Kier alpha value is 0. The normalized spacial score (nSPS) is 18.2. The van der Waals surface area contributed by atoms with Gasteiger partial charge in [-0.3, -0.25) is 0 Å². The topological polar surface area (TPSA) is 0 Å². The highest BCUT2D eigenvalue weighted by atomic mass is 14.3. The number of rotatable bonds is 7. The van der Waals surface area contributed by atoms with Crippen molar-refractivity contribution in [3.63, 3.8) is 0 Å². The van der Waals surface area contributed by atoms with E-state index >= 15 is 0 Å². The third-order valence-electron chi connectivity index (χ3n) is 4.93. The molecule has 0 rings (SSSR count). The van der Waals surface area contributed by atoms with Gasteiger partial charge >= 0.3 is 0 Å². The zero-order chi connectivity index (χ0) is 13.6. The van der Waals surface area contributed by atoms with Gasteiger partial charge in [0.2, 0.25) is 0 Å². The van der Waals surface area contributed by atoms with Crippen LogP contribution in [0.4, 0.5) is 0 Å². The Morgan fingerprint density at radius 1 is 0.706 bits per heavy atom. The van der Waals surface area contributed by atoms with Gasteiger partial charge in [-0.2, -0.15) is 0 Å². The zero-order valence-corrected chi connectivity index (χ0v) is 13.6. The Labute approximate surface area is 111 Å². The molecule has 0 aliphatic carbocycles. The number of unbranched alkanes of at least 4 members (excludes halogenated alkanes) is 1. The van der Waals surface area contributed by atoms with Crippen molar-refractivity contribution < 1.29 is 0 Å². The first kappa shape index (κ1) is 17.0. The van der Waals surface area contributed by atoms with Crippen molar-refractivity contribution in [1.29, 1.82) is 0 Å². The summed E-state index contributed by atoms with van der Waals surface area (Å²) < 4.78 is 0. The van der Waals surface area contributed by atoms with E-state index in [-0.39, 0.29) is 0 Å². The van der Waals surface area contributed by atoms with E-state index in [1.165, 1.54) is 25.7 Å². The Kier molecular flexibility index (Phi) is 7.44. The smallest absolute Gasteiger partial charge is 0.0354 e. The summed E-state index contributed by atoms with van der Waals surface area (Å²) in [6, 6.07) is 0. The molecule has 0 amide bonds. The Balaban J connectivity index is 3.76. The first-order chi connectivity index (χ1) is 7.66. The van der Waals surface area contributed by atoms with Crippen LogP contribution in [-0.2, 0) is 0 Å². The maximum Gasteiger partial charge on any atom is -0.0354 e. The summed E-state index contributed by atoms with van der Waals surface area (Å²) in [6.07, 6.45) is 5.65. The minimum Gasteiger partial charge on any atom is -0.0625 e. The lowest BCUT2D eigenvalue weighted by molar-refractivity contribution is 0.176. The van der Waals surface area contributed by atoms with Gasteiger partial charge < -0.3 is 0 Å². The van der Waals surface area contributed by atoms with Crippen molar-refractivity contribution in [3.8, 4) is 0 Å². The van der Waals surface area contributed by atoms with E-state index in [2.05, 4.69) is 55.4 Å². The van der Waals surface area contributed by atoms with Gasteiger partial charge in [0.1, 0.15) is 0 Å². The molecule has 0 heteroatoms. The van der Waals surface area contributed by atoms with Gasteiger partial charge in [-0.05, 0) is 29.1 Å². The van der Waals surface area contributed by atoms with E-state index in [9.17, 15) is 0 Å². The van der Waals surface area contributed by atoms with Gasteiger partial charge in [0, 0.05) is 0 Å². The Bertz CT molecular complexity index is 185. The predicted molar refractivity (Wildman–Crippen MR) is 80.3 cm³/mol. The molecular weight excluding hydrogens is 204 g/mol. The minimum absolute atomic E-state index is 0.463. The molecule has 0 aromatic rings. The second-order valence-electron chi connectivity index (χ2n) is 7.64. The molecule has 0 heterocycles. The van der Waals surface area contributed by atoms with Crippen molar-refractivity contribution in [2.75, 3.05) is 0 Å². The standard InChI is InChI=1S/C17H36/c1-13(2)14(3)11-9-10-12-15(4)16(5)17(6,7)8/h13-16H,9-12H2,1-8H3. The van der Waals surface area contributed by atoms with Gasteiger partial charge in [0.25, 0.3) is 0 Å². The Morgan fingerprint density at radius 2 is 1.12 bits per heavy atom. The van der Waals surface area contributed by atoms with E-state index < -0.39 is 0 Å². The molecule has 0 bridgehead atoms. The maximum atomic E-state index is 2.43. The molecule has 0 aliphatic rings. The van der Waals surface area contributed by atoms with Crippen LogP contribution in [0.1, 0.15) is 81.1 Å². The molecule has 3 atom stereocenters. The summed E-state index contributed by atoms with van der Waals surface area (Å²) in [5.74, 6) is 3.43. The zero-order valence-electron chi connectivity index (χ0n) is 13.6. The van der Waals surface area contributed by atoms with Crippen LogP contribution in [0.15, 0.2) is 0 Å². The van der Waals surface area contributed by atoms with E-state index in [0.29, 0.717) is 5.41 Å². The largest absolute Gasteiger partial charge is 0.0625 e. The second-order valence-corrected chi connectivity index (χ2v) is 7.64. The third kappa shape index (κ3) is 7.11. The second kappa shape index (κ2) is 7.44. The quantitative estimate of drug-likeness (QED) is 0.468. The molecule has 17 heavy (non-hydrogen) atoms. The molecule has 0 fully saturated rings. The average Bonchev–Trinajstić information content (AvgIpc) is 2.20. The average molecular weight is 240 g/mol. The molecule has 0 saturated carbocycles. The van der Waals surface area contributed by atoms with Gasteiger partial charge in [0.05, 0.1) is 0 Å². The summed E-state index contributed by atoms with van der Waals surface area (Å²) >= 11 is 0. The van der Waals surface area contributed by atoms with Gasteiger partial charge in [-0.25, -0.2) is 0 Å². The van der Waals surface area contributed by atoms with Crippen LogP contribution in [0.25, 0.3) is 0 Å². The number of hydrogen-bond acceptors (Lipinski definition) is 0. The molecule has 0 nitrogen and oxygen atoms in total. The van der Waals surface area contributed by atoms with Gasteiger partial charge in [0.15, 0.2) is 0 Å². The molecule has 0 radical (unpaired) electrons. The fourth-order valence-corrected chi connectivity index (χ4v) is 2.37. The SMILES string of the molecule is CC(C)C(C)CCCCC(C)C(C)C(C)(C)C. The van der Waals surface area contributed by atoms with Crippen molar-refractivity contribution in [2.45, 2.75) is 81.1 Å². The Morgan fingerprint density at radius 3 is 1.47 bits per heavy atom. The molecule has 0 saturated heterocycles. The van der Waals surface area contributed by atoms with Crippen LogP contribution in [-0.4, -0.2) is 0 Å². The first-order valence-electron chi connectivity index (χ1n) is 7.66. The highest BCUT2D eigenvalue weighted by Crippen LogP contribution is 2.34. The molecule has 0 aromatic heterocycles. The van der Waals surface area contributed by atoms with E-state index in [0.717, 1.165) is 23.7 Å². The highest BCUT2D eigenvalue weighted by Gasteiger charge is 2.24. The van der Waals surface area contributed by atoms with Crippen LogP contribution >= 0.6 is 0 Å². The van der Waals surface area contributed by atoms with E-state index in [1.807, 2.05) is 0 Å². The van der Waals surface area contributed by atoms with E-state index in [4.69, 9.17) is 0 Å². The van der Waals surface area contributed by atoms with Crippen LogP contribution in [0.2, 0.25) is 0 Å². The molecular formula is C17H36. The molecule has 0 aromatic carbocycles. The van der Waals surface area contributed by atoms with Crippen LogP contribution in [0.3, 0.4) is 0 Å². The molecule has 0 spiro atoms. The van der Waals surface area contributed by atoms with Crippen molar-refractivity contribution in [3.05, 3.63) is 0 Å². The van der Waals surface area contributed by atoms with Crippen molar-refractivity contribution in [1.82, 2.24) is 0 Å². The van der Waals surface area contributed by atoms with Crippen molar-refractivity contribution >= 4 is 0 Å². The van der Waals surface area contributed by atoms with Crippen molar-refractivity contribution in [2.24, 2.45) is 29.1 Å². The minimum atomic E-state index is 0.463. The fourth-order valence-electron chi connectivity index (χ4n) is 2.37. The fraction of sp³-hybridized carbons (Fsp3) is 1.00. The summed E-state index contributed by atoms with van der Waals surface area (Å²) in [4.78, 5) is 0. The predicted octanol–water partition coefficient (Wildman–Crippen LogP) is 6.16. The summed E-state index contributed by atoms with van der Waals surface area (Å²) in [5.41, 5.74) is 0.463. The molecule has 0 N–H and O–H groups in total. The van der Waals surface area contributed by atoms with E-state index in [1.54, 1.807) is 0 Å². The van der Waals surface area contributed by atoms with Gasteiger partial charge in [-0.1, -0.05) is 81.1 Å². The highest BCUT2D eigenvalue weighted by molar-refractivity contribution is 4.74. The summed E-state index contributed by atoms with van der Waals surface area (Å²) in [5, 5.41) is 0. The lowest BCUT2D eigenvalue weighted by atomic mass is 9.73. The number of hydrogen-bond donors (Lipinski definition) is 0. The van der Waals surface area contributed by atoms with Gasteiger partial charge in [-0.15, -0.1) is 0 Å². The van der Waals surface area contributed by atoms with Crippen LogP contribution in [0, 0.1) is 29.1 Å². The molecule has 0 aliphatic heterocycles. The van der Waals surface area contributed by atoms with Crippen LogP contribution < -0.4 is 0 Å². The summed E-state index contributed by atoms with van der Waals surface area (Å²) in [6.45, 7) is 19.0. The molecule has 104 valence electrons.